The molecule has 0 fully saturated rings. The second-order valence-corrected chi connectivity index (χ2v) is 8.97. The van der Waals surface area contributed by atoms with Gasteiger partial charge in [0.2, 0.25) is 0 Å². The second kappa shape index (κ2) is 15.9. The molecule has 2 aromatic carbocycles. The molecule has 1 unspecified atom stereocenters. The van der Waals surface area contributed by atoms with Crippen LogP contribution in [0.5, 0.6) is 11.5 Å². The van der Waals surface area contributed by atoms with Crippen LogP contribution < -0.4 is 9.47 Å². The van der Waals surface area contributed by atoms with Crippen LogP contribution in [0.1, 0.15) is 99.3 Å². The largest absolute Gasteiger partial charge is 0.491 e. The molecule has 0 aliphatic heterocycles. The lowest BCUT2D eigenvalue weighted by molar-refractivity contribution is 0.0442. The second-order valence-electron chi connectivity index (χ2n) is 8.97. The molecule has 2 rings (SSSR count). The van der Waals surface area contributed by atoms with Crippen molar-refractivity contribution in [3.05, 3.63) is 59.4 Å². The van der Waals surface area contributed by atoms with E-state index in [4.69, 9.17) is 14.2 Å². The lowest BCUT2D eigenvalue weighted by atomic mass is 10.1. The summed E-state index contributed by atoms with van der Waals surface area (Å²) in [6.07, 6.45) is 10.3. The Hall–Kier alpha value is -2.89. The van der Waals surface area contributed by atoms with Gasteiger partial charge in [0.15, 0.2) is 11.6 Å². The van der Waals surface area contributed by atoms with Crippen molar-refractivity contribution in [2.45, 2.75) is 78.6 Å². The molecule has 0 spiro atoms. The lowest BCUT2D eigenvalue weighted by Gasteiger charge is -2.13. The number of carbonyl (C=O) groups is 2. The van der Waals surface area contributed by atoms with Gasteiger partial charge in [-0.3, -0.25) is 0 Å². The van der Waals surface area contributed by atoms with E-state index in [2.05, 4.69) is 6.92 Å². The summed E-state index contributed by atoms with van der Waals surface area (Å²) in [6.45, 7) is 6.92. The van der Waals surface area contributed by atoms with Crippen LogP contribution >= 0.6 is 0 Å². The van der Waals surface area contributed by atoms with Gasteiger partial charge in [-0.25, -0.2) is 14.0 Å². The smallest absolute Gasteiger partial charge is 0.343 e. The zero-order valence-electron chi connectivity index (χ0n) is 21.3. The molecule has 0 heterocycles. The number of benzene rings is 2. The third kappa shape index (κ3) is 10.1. The van der Waals surface area contributed by atoms with Crippen LogP contribution in [-0.2, 0) is 4.74 Å². The van der Waals surface area contributed by atoms with Gasteiger partial charge in [-0.2, -0.15) is 0 Å². The summed E-state index contributed by atoms with van der Waals surface area (Å²) in [5, 5.41) is 0. The molecule has 0 saturated heterocycles. The monoisotopic (exact) mass is 486 g/mol. The SMILES string of the molecule is CCCCCCCCCCOc1ccc(C(=O)Oc2ccccc2C(=O)OCC(C)CC)cc1F. The fourth-order valence-corrected chi connectivity index (χ4v) is 3.46. The third-order valence-electron chi connectivity index (χ3n) is 5.93. The molecule has 0 saturated carbocycles. The zero-order valence-corrected chi connectivity index (χ0v) is 21.3. The van der Waals surface area contributed by atoms with Crippen LogP contribution in [0.2, 0.25) is 0 Å². The molecule has 0 aliphatic rings. The van der Waals surface area contributed by atoms with Crippen molar-refractivity contribution in [3.8, 4) is 11.5 Å². The summed E-state index contributed by atoms with van der Waals surface area (Å²) in [4.78, 5) is 25.0. The van der Waals surface area contributed by atoms with Gasteiger partial charge in [-0.05, 0) is 42.7 Å². The predicted molar refractivity (Wildman–Crippen MR) is 136 cm³/mol. The minimum atomic E-state index is -0.763. The molecular weight excluding hydrogens is 447 g/mol. The van der Waals surface area contributed by atoms with Gasteiger partial charge >= 0.3 is 11.9 Å². The highest BCUT2D eigenvalue weighted by Crippen LogP contribution is 2.23. The topological polar surface area (TPSA) is 61.8 Å². The number of rotatable bonds is 16. The minimum Gasteiger partial charge on any atom is -0.491 e. The van der Waals surface area contributed by atoms with Crippen LogP contribution in [0.4, 0.5) is 4.39 Å². The number of carbonyl (C=O) groups excluding carboxylic acids is 2. The highest BCUT2D eigenvalue weighted by Gasteiger charge is 2.19. The molecule has 2 aromatic rings. The maximum atomic E-state index is 14.5. The van der Waals surface area contributed by atoms with Gasteiger partial charge < -0.3 is 14.2 Å². The summed E-state index contributed by atoms with van der Waals surface area (Å²) >= 11 is 0. The van der Waals surface area contributed by atoms with Gasteiger partial charge in [0.1, 0.15) is 11.3 Å². The number of para-hydroxylation sites is 1. The van der Waals surface area contributed by atoms with E-state index in [0.717, 1.165) is 31.7 Å². The fourth-order valence-electron chi connectivity index (χ4n) is 3.46. The number of hydrogen-bond acceptors (Lipinski definition) is 5. The average Bonchev–Trinajstić information content (AvgIpc) is 2.87. The van der Waals surface area contributed by atoms with Crippen molar-refractivity contribution in [2.24, 2.45) is 5.92 Å². The summed E-state index contributed by atoms with van der Waals surface area (Å²) in [5.41, 5.74) is 0.180. The fraction of sp³-hybridized carbons (Fsp3) is 0.517. The number of halogens is 1. The molecule has 0 radical (unpaired) electrons. The maximum Gasteiger partial charge on any atom is 0.343 e. The van der Waals surface area contributed by atoms with Gasteiger partial charge in [-0.15, -0.1) is 0 Å². The molecule has 1 atom stereocenters. The molecule has 5 nitrogen and oxygen atoms in total. The van der Waals surface area contributed by atoms with E-state index in [-0.39, 0.29) is 35.2 Å². The first kappa shape index (κ1) is 28.3. The Balaban J connectivity index is 1.86. The van der Waals surface area contributed by atoms with Crippen molar-refractivity contribution in [3.63, 3.8) is 0 Å². The molecule has 0 aromatic heterocycles. The molecular formula is C29H39FO5. The molecule has 0 aliphatic carbocycles. The van der Waals surface area contributed by atoms with E-state index >= 15 is 0 Å². The molecule has 0 amide bonds. The first-order valence-electron chi connectivity index (χ1n) is 12.9. The van der Waals surface area contributed by atoms with Gasteiger partial charge in [0, 0.05) is 0 Å². The number of esters is 2. The highest BCUT2D eigenvalue weighted by atomic mass is 19.1. The summed E-state index contributed by atoms with van der Waals surface area (Å²) in [6, 6.07) is 10.3. The van der Waals surface area contributed by atoms with Crippen molar-refractivity contribution in [1.82, 2.24) is 0 Å². The van der Waals surface area contributed by atoms with E-state index in [0.29, 0.717) is 6.61 Å². The van der Waals surface area contributed by atoms with Crippen LogP contribution in [0.3, 0.4) is 0 Å². The summed E-state index contributed by atoms with van der Waals surface area (Å²) in [7, 11) is 0. The number of unbranched alkanes of at least 4 members (excludes halogenated alkanes) is 7. The van der Waals surface area contributed by atoms with Crippen LogP contribution in [-0.4, -0.2) is 25.2 Å². The summed E-state index contributed by atoms with van der Waals surface area (Å²) < 4.78 is 30.8. The zero-order chi connectivity index (χ0) is 25.5. The summed E-state index contributed by atoms with van der Waals surface area (Å²) in [5.74, 6) is -1.54. The quantitative estimate of drug-likeness (QED) is 0.138. The van der Waals surface area contributed by atoms with E-state index in [9.17, 15) is 14.0 Å². The normalized spacial score (nSPS) is 11.7. The van der Waals surface area contributed by atoms with E-state index in [1.54, 1.807) is 12.1 Å². The lowest BCUT2D eigenvalue weighted by Crippen LogP contribution is -2.15. The Bertz CT molecular complexity index is 927. The van der Waals surface area contributed by atoms with Crippen LogP contribution in [0, 0.1) is 11.7 Å². The van der Waals surface area contributed by atoms with E-state index in [1.165, 1.54) is 56.4 Å². The Labute approximate surface area is 209 Å². The van der Waals surface area contributed by atoms with Crippen molar-refractivity contribution in [1.29, 1.82) is 0 Å². The van der Waals surface area contributed by atoms with Gasteiger partial charge in [0.05, 0.1) is 18.8 Å². The predicted octanol–water partition coefficient (Wildman–Crippen LogP) is 7.77. The van der Waals surface area contributed by atoms with Gasteiger partial charge in [0.25, 0.3) is 0 Å². The molecule has 0 N–H and O–H groups in total. The minimum absolute atomic E-state index is 0.0321. The van der Waals surface area contributed by atoms with Crippen molar-refractivity contribution in [2.75, 3.05) is 13.2 Å². The molecule has 0 bridgehead atoms. The Kier molecular flexibility index (Phi) is 12.9. The first-order valence-corrected chi connectivity index (χ1v) is 12.9. The third-order valence-corrected chi connectivity index (χ3v) is 5.93. The Morgan fingerprint density at radius 1 is 0.857 bits per heavy atom. The van der Waals surface area contributed by atoms with E-state index in [1.807, 2.05) is 13.8 Å². The number of ether oxygens (including phenoxy) is 3. The molecule has 192 valence electrons. The van der Waals surface area contributed by atoms with Crippen LogP contribution in [0.15, 0.2) is 42.5 Å². The first-order chi connectivity index (χ1) is 17.0. The van der Waals surface area contributed by atoms with Crippen LogP contribution in [0.25, 0.3) is 0 Å². The number of hydrogen-bond donors (Lipinski definition) is 0. The van der Waals surface area contributed by atoms with Crippen molar-refractivity contribution >= 4 is 11.9 Å². The molecule has 35 heavy (non-hydrogen) atoms. The average molecular weight is 487 g/mol. The Morgan fingerprint density at radius 3 is 2.23 bits per heavy atom. The molecule has 6 heteroatoms. The van der Waals surface area contributed by atoms with E-state index < -0.39 is 17.8 Å². The van der Waals surface area contributed by atoms with Gasteiger partial charge in [-0.1, -0.05) is 84.3 Å². The van der Waals surface area contributed by atoms with Crippen molar-refractivity contribution < 1.29 is 28.2 Å². The standard InChI is InChI=1S/C29H39FO5/c1-4-6-7-8-9-10-11-14-19-33-27-18-17-23(20-25(27)30)28(31)35-26-16-13-12-15-24(26)29(32)34-21-22(3)5-2/h12-13,15-18,20,22H,4-11,14,19,21H2,1-3H3. The highest BCUT2D eigenvalue weighted by molar-refractivity contribution is 5.96. The Morgan fingerprint density at radius 2 is 1.54 bits per heavy atom. The maximum absolute atomic E-state index is 14.5.